The summed E-state index contributed by atoms with van der Waals surface area (Å²) in [5, 5.41) is 18.3. The van der Waals surface area contributed by atoms with Gasteiger partial charge in [0, 0.05) is 42.6 Å². The van der Waals surface area contributed by atoms with E-state index in [4.69, 9.17) is 16.3 Å². The van der Waals surface area contributed by atoms with E-state index in [1.165, 1.54) is 19.4 Å². The second-order valence-corrected chi connectivity index (χ2v) is 10.9. The Bertz CT molecular complexity index is 1550. The number of carbonyl (C=O) groups excluding carboxylic acids is 1. The number of rotatable bonds is 10. The van der Waals surface area contributed by atoms with Gasteiger partial charge in [-0.3, -0.25) is 4.79 Å². The minimum atomic E-state index is -5.12. The van der Waals surface area contributed by atoms with Crippen molar-refractivity contribution in [3.8, 4) is 5.75 Å². The Balaban J connectivity index is 1.68. The Labute approximate surface area is 256 Å². The number of hydrogen-bond acceptors (Lipinski definition) is 9. The lowest BCUT2D eigenvalue weighted by Gasteiger charge is -2.29. The van der Waals surface area contributed by atoms with Crippen LogP contribution in [0.1, 0.15) is 18.9 Å². The number of aromatic nitrogens is 2. The van der Waals surface area contributed by atoms with Crippen molar-refractivity contribution in [3.05, 3.63) is 65.6 Å². The molecule has 0 radical (unpaired) electrons. The lowest BCUT2D eigenvalue weighted by Crippen LogP contribution is -2.39. The molecule has 0 saturated carbocycles. The van der Waals surface area contributed by atoms with Crippen molar-refractivity contribution in [2.24, 2.45) is 0 Å². The fourth-order valence-corrected chi connectivity index (χ4v) is 4.88. The molecule has 2 heterocycles. The highest BCUT2D eigenvalue weighted by Gasteiger charge is 2.52. The predicted octanol–water partition coefficient (Wildman–Crippen LogP) is 5.80. The molecule has 4 rings (SSSR count). The second-order valence-electron chi connectivity index (χ2n) is 10.5. The third-order valence-electron chi connectivity index (χ3n) is 7.30. The van der Waals surface area contributed by atoms with Crippen LogP contribution >= 0.6 is 11.6 Å². The molecule has 2 atom stereocenters. The molecule has 3 aromatic rings. The maximum absolute atomic E-state index is 14.2. The minimum absolute atomic E-state index is 0.00645. The largest absolute Gasteiger partial charge is 0.494 e. The van der Waals surface area contributed by atoms with E-state index in [2.05, 4.69) is 42.3 Å². The van der Waals surface area contributed by atoms with Crippen LogP contribution in [-0.2, 0) is 10.4 Å². The fourth-order valence-electron chi connectivity index (χ4n) is 4.72. The highest BCUT2D eigenvalue weighted by molar-refractivity contribution is 6.31. The van der Waals surface area contributed by atoms with E-state index in [0.29, 0.717) is 36.2 Å². The van der Waals surface area contributed by atoms with Crippen molar-refractivity contribution in [1.82, 2.24) is 14.9 Å². The van der Waals surface area contributed by atoms with Crippen molar-refractivity contribution in [1.29, 1.82) is 0 Å². The number of halogens is 5. The number of likely N-dealkylation sites (N-methyl/N-ethyl adjacent to an activating group) is 1. The van der Waals surface area contributed by atoms with Crippen molar-refractivity contribution in [2.45, 2.75) is 31.2 Å². The van der Waals surface area contributed by atoms with Crippen LogP contribution in [0, 0.1) is 5.82 Å². The SMILES string of the molecule is C=CC(=O)Nc1cc(Nc2nccc(Nc3cc(Cl)c(F)cc3C(C)(O)C(F)(F)F)n2)c(OC)cc1N1CC[C@@H](N(C)C)C1. The molecule has 10 nitrogen and oxygen atoms in total. The summed E-state index contributed by atoms with van der Waals surface area (Å²) in [6.07, 6.45) is -1.71. The van der Waals surface area contributed by atoms with Gasteiger partial charge in [-0.2, -0.15) is 18.2 Å². The van der Waals surface area contributed by atoms with Gasteiger partial charge in [0.1, 0.15) is 17.4 Å². The normalized spacial score (nSPS) is 16.4. The number of carbonyl (C=O) groups is 1. The van der Waals surface area contributed by atoms with Crippen LogP contribution in [0.5, 0.6) is 5.75 Å². The van der Waals surface area contributed by atoms with E-state index >= 15 is 0 Å². The van der Waals surface area contributed by atoms with E-state index in [9.17, 15) is 27.5 Å². The van der Waals surface area contributed by atoms with Crippen LogP contribution in [-0.4, -0.2) is 72.4 Å². The number of amides is 1. The Morgan fingerprint density at radius 3 is 2.55 bits per heavy atom. The highest BCUT2D eigenvalue weighted by atomic mass is 35.5. The maximum atomic E-state index is 14.2. The Kier molecular flexibility index (Phi) is 9.56. The zero-order valence-corrected chi connectivity index (χ0v) is 25.1. The molecule has 0 aliphatic carbocycles. The Morgan fingerprint density at radius 1 is 1.20 bits per heavy atom. The van der Waals surface area contributed by atoms with Gasteiger partial charge in [0.25, 0.3) is 0 Å². The summed E-state index contributed by atoms with van der Waals surface area (Å²) in [4.78, 5) is 25.1. The molecule has 44 heavy (non-hydrogen) atoms. The molecule has 2 aromatic carbocycles. The molecular formula is C29H32ClF4N7O3. The Morgan fingerprint density at radius 2 is 1.93 bits per heavy atom. The summed E-state index contributed by atoms with van der Waals surface area (Å²) >= 11 is 5.85. The van der Waals surface area contributed by atoms with Crippen LogP contribution in [0.4, 0.5) is 52.1 Å². The topological polar surface area (TPSA) is 115 Å². The van der Waals surface area contributed by atoms with E-state index < -0.39 is 34.1 Å². The van der Waals surface area contributed by atoms with Crippen molar-refractivity contribution in [3.63, 3.8) is 0 Å². The van der Waals surface area contributed by atoms with E-state index in [-0.39, 0.29) is 17.5 Å². The lowest BCUT2D eigenvalue weighted by atomic mass is 9.93. The van der Waals surface area contributed by atoms with Gasteiger partial charge >= 0.3 is 6.18 Å². The summed E-state index contributed by atoms with van der Waals surface area (Å²) in [6.45, 7) is 5.52. The number of benzene rings is 2. The van der Waals surface area contributed by atoms with Crippen LogP contribution in [0.15, 0.2) is 49.2 Å². The van der Waals surface area contributed by atoms with E-state index in [1.807, 2.05) is 14.1 Å². The summed E-state index contributed by atoms with van der Waals surface area (Å²) in [7, 11) is 5.49. The van der Waals surface area contributed by atoms with Crippen molar-refractivity contribution in [2.75, 3.05) is 55.1 Å². The quantitative estimate of drug-likeness (QED) is 0.162. The first kappa shape index (κ1) is 32.8. The standard InChI is InChI=1S/C29H32ClF4N7O3/c1-6-26(42)37-21-13-22(24(44-5)14-23(21)41-10-8-16(15-41)40(3)4)38-27-35-9-7-25(39-27)36-20-12-18(30)19(31)11-17(20)28(2,43)29(32,33)34/h6-7,9,11-14,16,43H,1,8,10,15H2,2-5H3,(H,37,42)(H2,35,36,38,39)/t16-,28?/m1/s1. The van der Waals surface area contributed by atoms with Crippen molar-refractivity contribution < 1.29 is 32.2 Å². The monoisotopic (exact) mass is 637 g/mol. The molecule has 1 fully saturated rings. The van der Waals surface area contributed by atoms with E-state index in [1.54, 1.807) is 12.1 Å². The lowest BCUT2D eigenvalue weighted by molar-refractivity contribution is -0.258. The highest BCUT2D eigenvalue weighted by Crippen LogP contribution is 2.44. The van der Waals surface area contributed by atoms with Gasteiger partial charge in [0.05, 0.1) is 29.2 Å². The van der Waals surface area contributed by atoms with Gasteiger partial charge in [-0.1, -0.05) is 18.2 Å². The van der Waals surface area contributed by atoms with Gasteiger partial charge in [0.15, 0.2) is 5.60 Å². The molecule has 1 amide bonds. The zero-order valence-electron chi connectivity index (χ0n) is 24.4. The van der Waals surface area contributed by atoms with Crippen LogP contribution < -0.4 is 25.6 Å². The van der Waals surface area contributed by atoms with Crippen LogP contribution in [0.2, 0.25) is 5.02 Å². The number of nitrogens with zero attached hydrogens (tertiary/aromatic N) is 4. The summed E-state index contributed by atoms with van der Waals surface area (Å²) in [5.74, 6) is -1.14. The van der Waals surface area contributed by atoms with Crippen LogP contribution in [0.3, 0.4) is 0 Å². The van der Waals surface area contributed by atoms with Gasteiger partial charge in [-0.05, 0) is 57.8 Å². The third kappa shape index (κ3) is 6.98. The number of alkyl halides is 3. The Hall–Kier alpha value is -4.14. The van der Waals surface area contributed by atoms with Crippen molar-refractivity contribution >= 4 is 52.0 Å². The summed E-state index contributed by atoms with van der Waals surface area (Å²) in [5.41, 5.74) is -2.92. The fraction of sp³-hybridized carbons (Fsp3) is 0.345. The molecule has 0 bridgehead atoms. The molecule has 0 spiro atoms. The summed E-state index contributed by atoms with van der Waals surface area (Å²) < 4.78 is 60.8. The molecule has 1 unspecified atom stereocenters. The first-order valence-electron chi connectivity index (χ1n) is 13.4. The summed E-state index contributed by atoms with van der Waals surface area (Å²) in [6, 6.07) is 6.55. The molecule has 4 N–H and O–H groups in total. The van der Waals surface area contributed by atoms with Gasteiger partial charge in [-0.15, -0.1) is 0 Å². The minimum Gasteiger partial charge on any atom is -0.494 e. The average Bonchev–Trinajstić information content (AvgIpc) is 3.45. The van der Waals surface area contributed by atoms with Gasteiger partial charge in [-0.25, -0.2) is 9.37 Å². The molecule has 1 aliphatic rings. The molecule has 15 heteroatoms. The molecule has 1 saturated heterocycles. The number of anilines is 6. The maximum Gasteiger partial charge on any atom is 0.421 e. The molecule has 1 aliphatic heterocycles. The molecular weight excluding hydrogens is 606 g/mol. The number of ether oxygens (including phenoxy) is 1. The van der Waals surface area contributed by atoms with Gasteiger partial charge < -0.3 is 35.6 Å². The molecule has 236 valence electrons. The molecule has 1 aromatic heterocycles. The van der Waals surface area contributed by atoms with Gasteiger partial charge in [0.2, 0.25) is 11.9 Å². The number of nitrogens with one attached hydrogen (secondary N) is 3. The smallest absolute Gasteiger partial charge is 0.421 e. The second kappa shape index (κ2) is 12.8. The zero-order chi connectivity index (χ0) is 32.4. The van der Waals surface area contributed by atoms with Crippen LogP contribution in [0.25, 0.3) is 0 Å². The van der Waals surface area contributed by atoms with E-state index in [0.717, 1.165) is 37.3 Å². The average molecular weight is 638 g/mol. The number of hydrogen-bond donors (Lipinski definition) is 4. The first-order valence-corrected chi connectivity index (χ1v) is 13.7. The number of methoxy groups -OCH3 is 1. The number of aliphatic hydroxyl groups is 1. The predicted molar refractivity (Wildman–Crippen MR) is 162 cm³/mol. The third-order valence-corrected chi connectivity index (χ3v) is 7.59. The first-order chi connectivity index (χ1) is 20.6.